The molecule has 0 bridgehead atoms. The summed E-state index contributed by atoms with van der Waals surface area (Å²) in [6.45, 7) is 0.147. The normalized spacial score (nSPS) is 14.1. The zero-order valence-corrected chi connectivity index (χ0v) is 16.0. The molecular weight excluding hydrogens is 372 g/mol. The molecule has 3 amide bonds. The first kappa shape index (κ1) is 20.9. The number of thioether (sulfide) groups is 1. The lowest BCUT2D eigenvalue weighted by Gasteiger charge is -2.24. The minimum Gasteiger partial charge on any atom is -0.454 e. The molecule has 1 N–H and O–H groups in total. The molecule has 0 radical (unpaired) electrons. The van der Waals surface area contributed by atoms with Gasteiger partial charge in [-0.25, -0.2) is 4.79 Å². The summed E-state index contributed by atoms with van der Waals surface area (Å²) in [7, 11) is 1.50. The van der Waals surface area contributed by atoms with E-state index < -0.39 is 36.3 Å². The maximum atomic E-state index is 12.6. The van der Waals surface area contributed by atoms with Crippen molar-refractivity contribution in [2.75, 3.05) is 38.9 Å². The molecule has 146 valence electrons. The molecule has 9 heteroatoms. The Kier molecular flexibility index (Phi) is 7.81. The minimum atomic E-state index is -1.07. The predicted molar refractivity (Wildman–Crippen MR) is 99.6 cm³/mol. The summed E-state index contributed by atoms with van der Waals surface area (Å²) in [5.74, 6) is -1.76. The van der Waals surface area contributed by atoms with Crippen LogP contribution in [0.15, 0.2) is 24.3 Å². The number of imide groups is 1. The molecule has 1 aromatic rings. The van der Waals surface area contributed by atoms with Crippen LogP contribution in [0.2, 0.25) is 0 Å². The highest BCUT2D eigenvalue weighted by atomic mass is 32.2. The number of methoxy groups -OCH3 is 1. The van der Waals surface area contributed by atoms with Crippen LogP contribution in [0.3, 0.4) is 0 Å². The summed E-state index contributed by atoms with van der Waals surface area (Å²) in [4.78, 5) is 50.4. The van der Waals surface area contributed by atoms with Gasteiger partial charge in [-0.15, -0.1) is 0 Å². The molecule has 0 aliphatic carbocycles. The van der Waals surface area contributed by atoms with Crippen LogP contribution < -0.4 is 5.32 Å². The monoisotopic (exact) mass is 394 g/mol. The number of ether oxygens (including phenoxy) is 2. The first-order chi connectivity index (χ1) is 13.0. The third-order valence-corrected chi connectivity index (χ3v) is 4.62. The number of carbonyl (C=O) groups excluding carboxylic acids is 4. The summed E-state index contributed by atoms with van der Waals surface area (Å²) < 4.78 is 9.87. The smallest absolute Gasteiger partial charge is 0.329 e. The second-order valence-electron chi connectivity index (χ2n) is 5.77. The second kappa shape index (κ2) is 10.1. The Hall–Kier alpha value is -2.39. The Labute approximate surface area is 161 Å². The Morgan fingerprint density at radius 2 is 1.81 bits per heavy atom. The molecule has 2 rings (SSSR count). The first-order valence-corrected chi connectivity index (χ1v) is 9.78. The molecule has 0 unspecified atom stereocenters. The van der Waals surface area contributed by atoms with E-state index in [0.29, 0.717) is 18.9 Å². The molecule has 27 heavy (non-hydrogen) atoms. The van der Waals surface area contributed by atoms with Gasteiger partial charge in [0.1, 0.15) is 6.04 Å². The lowest BCUT2D eigenvalue weighted by molar-refractivity contribution is -0.152. The van der Waals surface area contributed by atoms with Crippen molar-refractivity contribution in [3.8, 4) is 0 Å². The van der Waals surface area contributed by atoms with E-state index in [1.165, 1.54) is 18.9 Å². The van der Waals surface area contributed by atoms with Gasteiger partial charge >= 0.3 is 5.97 Å². The zero-order chi connectivity index (χ0) is 19.8. The van der Waals surface area contributed by atoms with E-state index >= 15 is 0 Å². The zero-order valence-electron chi connectivity index (χ0n) is 15.2. The minimum absolute atomic E-state index is 0.247. The Balaban J connectivity index is 2.07. The van der Waals surface area contributed by atoms with Gasteiger partial charge in [-0.2, -0.15) is 11.8 Å². The highest BCUT2D eigenvalue weighted by Gasteiger charge is 2.43. The van der Waals surface area contributed by atoms with Crippen molar-refractivity contribution in [3.05, 3.63) is 35.4 Å². The average molecular weight is 394 g/mol. The van der Waals surface area contributed by atoms with E-state index in [9.17, 15) is 19.2 Å². The molecule has 0 spiro atoms. The maximum Gasteiger partial charge on any atom is 0.329 e. The standard InChI is InChI=1S/C18H22N2O6S/c1-25-9-8-19-15(21)11-26-18(24)14(7-10-27-2)20-16(22)12-5-3-4-6-13(12)17(20)23/h3-6,14H,7-11H2,1-2H3,(H,19,21)/t14-/m0/s1. The van der Waals surface area contributed by atoms with Gasteiger partial charge in [-0.3, -0.25) is 19.3 Å². The van der Waals surface area contributed by atoms with Crippen molar-refractivity contribution in [1.82, 2.24) is 10.2 Å². The van der Waals surface area contributed by atoms with Gasteiger partial charge in [0, 0.05) is 13.7 Å². The predicted octanol–water partition coefficient (Wildman–Crippen LogP) is 0.710. The van der Waals surface area contributed by atoms with Crippen LogP contribution in [-0.4, -0.2) is 73.5 Å². The summed E-state index contributed by atoms with van der Waals surface area (Å²) in [6.07, 6.45) is 2.10. The van der Waals surface area contributed by atoms with Gasteiger partial charge in [-0.05, 0) is 30.6 Å². The van der Waals surface area contributed by atoms with E-state index in [0.717, 1.165) is 4.90 Å². The fraction of sp³-hybridized carbons (Fsp3) is 0.444. The van der Waals surface area contributed by atoms with Gasteiger partial charge in [0.2, 0.25) is 0 Å². The van der Waals surface area contributed by atoms with E-state index in [4.69, 9.17) is 9.47 Å². The van der Waals surface area contributed by atoms with Crippen LogP contribution in [0.4, 0.5) is 0 Å². The van der Waals surface area contributed by atoms with Crippen molar-refractivity contribution in [2.24, 2.45) is 0 Å². The van der Waals surface area contributed by atoms with Crippen LogP contribution in [0.25, 0.3) is 0 Å². The molecule has 1 aliphatic heterocycles. The molecule has 1 aliphatic rings. The molecule has 1 aromatic carbocycles. The van der Waals surface area contributed by atoms with Crippen molar-refractivity contribution in [2.45, 2.75) is 12.5 Å². The van der Waals surface area contributed by atoms with Gasteiger partial charge in [0.05, 0.1) is 17.7 Å². The number of fused-ring (bicyclic) bond motifs is 1. The number of carbonyl (C=O) groups is 4. The van der Waals surface area contributed by atoms with Gasteiger partial charge in [0.15, 0.2) is 6.61 Å². The number of amides is 3. The van der Waals surface area contributed by atoms with Gasteiger partial charge in [-0.1, -0.05) is 12.1 Å². The van der Waals surface area contributed by atoms with Crippen molar-refractivity contribution in [3.63, 3.8) is 0 Å². The molecule has 1 atom stereocenters. The van der Waals surface area contributed by atoms with E-state index in [-0.39, 0.29) is 17.5 Å². The fourth-order valence-corrected chi connectivity index (χ4v) is 3.11. The third kappa shape index (κ3) is 5.08. The molecule has 0 fully saturated rings. The fourth-order valence-electron chi connectivity index (χ4n) is 2.65. The molecule has 0 saturated carbocycles. The van der Waals surface area contributed by atoms with Gasteiger partial charge in [0.25, 0.3) is 17.7 Å². The number of nitrogens with one attached hydrogen (secondary N) is 1. The number of hydrogen-bond donors (Lipinski definition) is 1. The average Bonchev–Trinajstić information content (AvgIpc) is 2.92. The largest absolute Gasteiger partial charge is 0.454 e. The quantitative estimate of drug-likeness (QED) is 0.354. The van der Waals surface area contributed by atoms with Crippen LogP contribution in [0, 0.1) is 0 Å². The number of rotatable bonds is 10. The van der Waals surface area contributed by atoms with Crippen LogP contribution in [-0.2, 0) is 19.1 Å². The van der Waals surface area contributed by atoms with E-state index in [1.807, 2.05) is 6.26 Å². The van der Waals surface area contributed by atoms with Crippen molar-refractivity contribution < 1.29 is 28.7 Å². The Morgan fingerprint density at radius 1 is 1.19 bits per heavy atom. The molecule has 1 heterocycles. The SMILES string of the molecule is COCCNC(=O)COC(=O)[C@H](CCSC)N1C(=O)c2ccccc2C1=O. The van der Waals surface area contributed by atoms with Crippen molar-refractivity contribution in [1.29, 1.82) is 0 Å². The van der Waals surface area contributed by atoms with Crippen LogP contribution >= 0.6 is 11.8 Å². The summed E-state index contributed by atoms with van der Waals surface area (Å²) in [5.41, 5.74) is 0.531. The number of esters is 1. The van der Waals surface area contributed by atoms with Crippen LogP contribution in [0.1, 0.15) is 27.1 Å². The lowest BCUT2D eigenvalue weighted by Crippen LogP contribution is -2.46. The highest BCUT2D eigenvalue weighted by molar-refractivity contribution is 7.98. The third-order valence-electron chi connectivity index (χ3n) is 3.98. The van der Waals surface area contributed by atoms with Gasteiger partial charge < -0.3 is 14.8 Å². The number of hydrogen-bond acceptors (Lipinski definition) is 7. The Bertz CT molecular complexity index is 689. The summed E-state index contributed by atoms with van der Waals surface area (Å²) in [6, 6.07) is 5.35. The maximum absolute atomic E-state index is 12.6. The van der Waals surface area contributed by atoms with E-state index in [1.54, 1.807) is 24.3 Å². The Morgan fingerprint density at radius 3 is 2.37 bits per heavy atom. The highest BCUT2D eigenvalue weighted by Crippen LogP contribution is 2.26. The molecule has 8 nitrogen and oxygen atoms in total. The van der Waals surface area contributed by atoms with Crippen LogP contribution in [0.5, 0.6) is 0 Å². The number of benzene rings is 1. The number of nitrogens with zero attached hydrogens (tertiary/aromatic N) is 1. The molecular formula is C18H22N2O6S. The first-order valence-electron chi connectivity index (χ1n) is 8.39. The van der Waals surface area contributed by atoms with Crippen molar-refractivity contribution >= 4 is 35.5 Å². The summed E-state index contributed by atoms with van der Waals surface area (Å²) >= 11 is 1.48. The molecule has 0 saturated heterocycles. The summed E-state index contributed by atoms with van der Waals surface area (Å²) in [5, 5.41) is 2.53. The topological polar surface area (TPSA) is 102 Å². The molecule has 0 aromatic heterocycles. The lowest BCUT2D eigenvalue weighted by atomic mass is 10.1. The van der Waals surface area contributed by atoms with E-state index in [2.05, 4.69) is 5.32 Å². The second-order valence-corrected chi connectivity index (χ2v) is 6.76.